The summed E-state index contributed by atoms with van der Waals surface area (Å²) in [6.45, 7) is 2.87. The summed E-state index contributed by atoms with van der Waals surface area (Å²) < 4.78 is 0. The number of hydrogen-bond donors (Lipinski definition) is 1. The maximum absolute atomic E-state index is 13.1. The van der Waals surface area contributed by atoms with Gasteiger partial charge in [-0.3, -0.25) is 14.6 Å². The molecular formula is C24H23N3O2. The molecule has 0 unspecified atom stereocenters. The van der Waals surface area contributed by atoms with Crippen LogP contribution in [0, 0.1) is 0 Å². The predicted molar refractivity (Wildman–Crippen MR) is 111 cm³/mol. The Kier molecular flexibility index (Phi) is 5.38. The van der Waals surface area contributed by atoms with Crippen molar-refractivity contribution >= 4 is 11.8 Å². The first-order chi connectivity index (χ1) is 14.2. The molecule has 4 rings (SSSR count). The van der Waals surface area contributed by atoms with Crippen molar-refractivity contribution in [3.63, 3.8) is 0 Å². The summed E-state index contributed by atoms with van der Waals surface area (Å²) in [5, 5.41) is 2.96. The highest BCUT2D eigenvalue weighted by atomic mass is 16.2. The van der Waals surface area contributed by atoms with Gasteiger partial charge in [-0.25, -0.2) is 0 Å². The van der Waals surface area contributed by atoms with Crippen LogP contribution in [0.2, 0.25) is 0 Å². The number of pyridine rings is 1. The number of fused-ring (bicyclic) bond motifs is 1. The fraction of sp³-hybridized carbons (Fsp3) is 0.208. The van der Waals surface area contributed by atoms with Crippen LogP contribution in [-0.4, -0.2) is 21.7 Å². The second-order valence-corrected chi connectivity index (χ2v) is 7.17. The van der Waals surface area contributed by atoms with Gasteiger partial charge in [-0.2, -0.15) is 0 Å². The molecule has 0 aliphatic carbocycles. The number of carbonyl (C=O) groups excluding carboxylic acids is 2. The molecule has 0 radical (unpaired) electrons. The molecule has 1 N–H and O–H groups in total. The molecule has 0 fully saturated rings. The third-order valence-corrected chi connectivity index (χ3v) is 5.28. The van der Waals surface area contributed by atoms with E-state index in [-0.39, 0.29) is 11.8 Å². The summed E-state index contributed by atoms with van der Waals surface area (Å²) in [5.74, 6) is -0.293. The van der Waals surface area contributed by atoms with E-state index in [1.807, 2.05) is 42.5 Å². The minimum atomic E-state index is -0.638. The number of aryl methyl sites for hydroxylation is 1. The number of rotatable bonds is 6. The molecule has 3 aromatic rings. The van der Waals surface area contributed by atoms with Gasteiger partial charge in [-0.05, 0) is 40.8 Å². The van der Waals surface area contributed by atoms with Crippen molar-refractivity contribution in [3.8, 4) is 0 Å². The second kappa shape index (κ2) is 8.27. The van der Waals surface area contributed by atoms with E-state index in [0.717, 1.165) is 23.1 Å². The Morgan fingerprint density at radius 2 is 1.76 bits per heavy atom. The largest absolute Gasteiger partial charge is 0.350 e. The van der Waals surface area contributed by atoms with Gasteiger partial charge in [0, 0.05) is 31.0 Å². The minimum absolute atomic E-state index is 0.110. The molecule has 0 saturated carbocycles. The van der Waals surface area contributed by atoms with Crippen molar-refractivity contribution in [1.29, 1.82) is 0 Å². The van der Waals surface area contributed by atoms with Crippen LogP contribution in [0.3, 0.4) is 0 Å². The van der Waals surface area contributed by atoms with E-state index in [4.69, 9.17) is 0 Å². The molecule has 0 spiro atoms. The molecule has 1 aliphatic heterocycles. The molecule has 29 heavy (non-hydrogen) atoms. The minimum Gasteiger partial charge on any atom is -0.350 e. The number of hydrogen-bond acceptors (Lipinski definition) is 3. The lowest BCUT2D eigenvalue weighted by atomic mass is 10.0. The van der Waals surface area contributed by atoms with Crippen molar-refractivity contribution < 1.29 is 9.59 Å². The van der Waals surface area contributed by atoms with Gasteiger partial charge in [-0.15, -0.1) is 0 Å². The van der Waals surface area contributed by atoms with Crippen LogP contribution in [0.25, 0.3) is 0 Å². The molecular weight excluding hydrogens is 362 g/mol. The number of aromatic nitrogens is 1. The summed E-state index contributed by atoms with van der Waals surface area (Å²) in [6, 6.07) is 18.7. The van der Waals surface area contributed by atoms with Gasteiger partial charge in [0.25, 0.3) is 5.91 Å². The number of carbonyl (C=O) groups is 2. The molecule has 2 aromatic carbocycles. The summed E-state index contributed by atoms with van der Waals surface area (Å²) >= 11 is 0. The van der Waals surface area contributed by atoms with E-state index in [0.29, 0.717) is 18.7 Å². The van der Waals surface area contributed by atoms with E-state index >= 15 is 0 Å². The topological polar surface area (TPSA) is 62.3 Å². The molecule has 2 amide bonds. The Morgan fingerprint density at radius 1 is 1.00 bits per heavy atom. The maximum atomic E-state index is 13.1. The predicted octanol–water partition coefficient (Wildman–Crippen LogP) is 3.66. The maximum Gasteiger partial charge on any atom is 0.255 e. The van der Waals surface area contributed by atoms with E-state index in [1.165, 1.54) is 5.56 Å². The molecule has 0 saturated heterocycles. The summed E-state index contributed by atoms with van der Waals surface area (Å²) in [7, 11) is 0. The van der Waals surface area contributed by atoms with Crippen molar-refractivity contribution in [1.82, 2.24) is 15.2 Å². The van der Waals surface area contributed by atoms with Crippen LogP contribution >= 0.6 is 0 Å². The van der Waals surface area contributed by atoms with Gasteiger partial charge in [0.05, 0.1) is 0 Å². The molecule has 1 aromatic heterocycles. The molecule has 1 aliphatic rings. The van der Waals surface area contributed by atoms with Gasteiger partial charge in [0.2, 0.25) is 5.91 Å². The van der Waals surface area contributed by atoms with Crippen LogP contribution in [0.1, 0.15) is 45.6 Å². The lowest BCUT2D eigenvalue weighted by Crippen LogP contribution is -2.38. The quantitative estimate of drug-likeness (QED) is 0.704. The van der Waals surface area contributed by atoms with Gasteiger partial charge in [0.15, 0.2) is 0 Å². The van der Waals surface area contributed by atoms with Gasteiger partial charge >= 0.3 is 0 Å². The standard InChI is InChI=1S/C24H23N3O2/c1-2-17-9-11-18(12-10-17)16-27-22(20-7-3-4-8-21(20)24(27)29)23(28)26-15-19-6-5-13-25-14-19/h3-14,22H,2,15-16H2,1H3,(H,26,28)/t22-/m1/s1. The monoisotopic (exact) mass is 385 g/mol. The van der Waals surface area contributed by atoms with E-state index in [1.54, 1.807) is 23.4 Å². The van der Waals surface area contributed by atoms with Crippen LogP contribution in [0.4, 0.5) is 0 Å². The lowest BCUT2D eigenvalue weighted by molar-refractivity contribution is -0.125. The molecule has 1 atom stereocenters. The average Bonchev–Trinajstić information content (AvgIpc) is 3.05. The van der Waals surface area contributed by atoms with E-state index in [9.17, 15) is 9.59 Å². The summed E-state index contributed by atoms with van der Waals surface area (Å²) in [4.78, 5) is 31.9. The Labute approximate surface area is 170 Å². The number of nitrogens with one attached hydrogen (secondary N) is 1. The summed E-state index contributed by atoms with van der Waals surface area (Å²) in [6.07, 6.45) is 4.39. The van der Waals surface area contributed by atoms with E-state index < -0.39 is 6.04 Å². The number of amides is 2. The molecule has 0 bridgehead atoms. The molecule has 5 heteroatoms. The second-order valence-electron chi connectivity index (χ2n) is 7.17. The van der Waals surface area contributed by atoms with Crippen molar-refractivity contribution in [3.05, 3.63) is 101 Å². The lowest BCUT2D eigenvalue weighted by Gasteiger charge is -2.25. The highest BCUT2D eigenvalue weighted by Crippen LogP contribution is 2.35. The van der Waals surface area contributed by atoms with Crippen LogP contribution in [-0.2, 0) is 24.3 Å². The first-order valence-electron chi connectivity index (χ1n) is 9.81. The van der Waals surface area contributed by atoms with Crippen molar-refractivity contribution in [2.45, 2.75) is 32.5 Å². The molecule has 146 valence electrons. The summed E-state index contributed by atoms with van der Waals surface area (Å²) in [5.41, 5.74) is 4.52. The highest BCUT2D eigenvalue weighted by molar-refractivity contribution is 6.04. The smallest absolute Gasteiger partial charge is 0.255 e. The van der Waals surface area contributed by atoms with E-state index in [2.05, 4.69) is 29.4 Å². The van der Waals surface area contributed by atoms with Crippen molar-refractivity contribution in [2.75, 3.05) is 0 Å². The third-order valence-electron chi connectivity index (χ3n) is 5.28. The zero-order valence-electron chi connectivity index (χ0n) is 16.3. The number of nitrogens with zero attached hydrogens (tertiary/aromatic N) is 2. The average molecular weight is 385 g/mol. The first kappa shape index (κ1) is 18.9. The first-order valence-corrected chi connectivity index (χ1v) is 9.81. The van der Waals surface area contributed by atoms with Crippen LogP contribution < -0.4 is 5.32 Å². The van der Waals surface area contributed by atoms with Crippen molar-refractivity contribution in [2.24, 2.45) is 0 Å². The third kappa shape index (κ3) is 3.90. The molecule has 2 heterocycles. The van der Waals surface area contributed by atoms with Gasteiger partial charge in [0.1, 0.15) is 6.04 Å². The van der Waals surface area contributed by atoms with Crippen LogP contribution in [0.5, 0.6) is 0 Å². The fourth-order valence-electron chi connectivity index (χ4n) is 3.68. The Balaban J connectivity index is 1.58. The molecule has 5 nitrogen and oxygen atoms in total. The van der Waals surface area contributed by atoms with Crippen LogP contribution in [0.15, 0.2) is 73.1 Å². The Hall–Kier alpha value is -3.47. The normalized spacial score (nSPS) is 15.3. The van der Waals surface area contributed by atoms with Gasteiger partial charge in [-0.1, -0.05) is 55.5 Å². The Morgan fingerprint density at radius 3 is 2.48 bits per heavy atom. The number of benzene rings is 2. The zero-order chi connectivity index (χ0) is 20.2. The Bertz CT molecular complexity index is 1020. The SMILES string of the molecule is CCc1ccc(CN2C(=O)c3ccccc3[C@@H]2C(=O)NCc2cccnc2)cc1. The van der Waals surface area contributed by atoms with Gasteiger partial charge < -0.3 is 10.2 Å². The highest BCUT2D eigenvalue weighted by Gasteiger charge is 2.40. The zero-order valence-corrected chi connectivity index (χ0v) is 16.3. The fourth-order valence-corrected chi connectivity index (χ4v) is 3.68.